The molecule has 0 aliphatic heterocycles. The molecule has 7 heteroatoms. The zero-order chi connectivity index (χ0) is 17.7. The maximum Gasteiger partial charge on any atom is 0.334 e. The minimum absolute atomic E-state index is 0.111. The first kappa shape index (κ1) is 15.1. The Morgan fingerprint density at radius 2 is 1.72 bits per heavy atom. The lowest BCUT2D eigenvalue weighted by molar-refractivity contribution is 0.884. The topological polar surface area (TPSA) is 107 Å². The van der Waals surface area contributed by atoms with E-state index in [4.69, 9.17) is 5.73 Å². The zero-order valence-electron chi connectivity index (χ0n) is 13.7. The van der Waals surface area contributed by atoms with Crippen LogP contribution in [0.1, 0.15) is 11.1 Å². The van der Waals surface area contributed by atoms with Crippen LogP contribution < -0.4 is 17.0 Å². The van der Waals surface area contributed by atoms with Gasteiger partial charge in [-0.15, -0.1) is 0 Å². The van der Waals surface area contributed by atoms with Gasteiger partial charge in [-0.2, -0.15) is 0 Å². The summed E-state index contributed by atoms with van der Waals surface area (Å²) in [6.45, 7) is 3.70. The number of fused-ring (bicyclic) bond motifs is 2. The number of rotatable bonds is 1. The molecule has 2 aromatic heterocycles. The molecule has 0 bridgehead atoms. The number of nitrogens with zero attached hydrogens (tertiary/aromatic N) is 3. The fourth-order valence-corrected chi connectivity index (χ4v) is 2.85. The fraction of sp³-hybridized carbons (Fsp3) is 0.111. The summed E-state index contributed by atoms with van der Waals surface area (Å²) in [6.07, 6.45) is 0. The van der Waals surface area contributed by atoms with E-state index in [0.717, 1.165) is 15.7 Å². The molecule has 0 fully saturated rings. The lowest BCUT2D eigenvalue weighted by atomic mass is 10.1. The van der Waals surface area contributed by atoms with Gasteiger partial charge in [0.1, 0.15) is 0 Å². The van der Waals surface area contributed by atoms with Gasteiger partial charge in [0.25, 0.3) is 5.56 Å². The van der Waals surface area contributed by atoms with Crippen LogP contribution in [0.15, 0.2) is 46.0 Å². The molecule has 4 rings (SSSR count). The minimum atomic E-state index is -0.555. The van der Waals surface area contributed by atoms with E-state index >= 15 is 0 Å². The quantitative estimate of drug-likeness (QED) is 0.408. The Kier molecular flexibility index (Phi) is 3.18. The van der Waals surface area contributed by atoms with Crippen LogP contribution in [0, 0.1) is 13.8 Å². The van der Waals surface area contributed by atoms with Gasteiger partial charge >= 0.3 is 5.69 Å². The third-order valence-corrected chi connectivity index (χ3v) is 4.24. The molecule has 4 aromatic rings. The van der Waals surface area contributed by atoms with E-state index in [2.05, 4.69) is 15.0 Å². The molecule has 0 spiro atoms. The standard InChI is InChI=1S/C18H15N5O2/c1-9-5-3-4-6-14(9)23-17(24)15-16(22-18(23)25)21-13-8-11(19)10(2)7-12(13)20-15/h3-8H,19H2,1-2H3,(H,21,22,25). The molecule has 0 aliphatic carbocycles. The summed E-state index contributed by atoms with van der Waals surface area (Å²) in [5, 5.41) is 0. The van der Waals surface area contributed by atoms with E-state index in [0.29, 0.717) is 22.4 Å². The third-order valence-electron chi connectivity index (χ3n) is 4.24. The Labute approximate surface area is 141 Å². The Balaban J connectivity index is 2.13. The first-order chi connectivity index (χ1) is 12.0. The average molecular weight is 333 g/mol. The number of aryl methyl sites for hydroxylation is 2. The summed E-state index contributed by atoms with van der Waals surface area (Å²) < 4.78 is 1.09. The molecule has 0 unspecified atom stereocenters. The van der Waals surface area contributed by atoms with Gasteiger partial charge in [0.05, 0.1) is 16.7 Å². The van der Waals surface area contributed by atoms with Crippen LogP contribution >= 0.6 is 0 Å². The maximum absolute atomic E-state index is 12.9. The molecule has 2 heterocycles. The van der Waals surface area contributed by atoms with Crippen LogP contribution in [0.2, 0.25) is 0 Å². The second kappa shape index (κ2) is 5.27. The fourth-order valence-electron chi connectivity index (χ4n) is 2.85. The van der Waals surface area contributed by atoms with Crippen molar-refractivity contribution in [2.75, 3.05) is 5.73 Å². The molecule has 0 saturated heterocycles. The predicted molar refractivity (Wildman–Crippen MR) is 97.1 cm³/mol. The van der Waals surface area contributed by atoms with Crippen LogP contribution in [0.4, 0.5) is 5.69 Å². The summed E-state index contributed by atoms with van der Waals surface area (Å²) in [7, 11) is 0. The van der Waals surface area contributed by atoms with E-state index in [9.17, 15) is 9.59 Å². The van der Waals surface area contributed by atoms with E-state index < -0.39 is 11.2 Å². The number of benzene rings is 2. The SMILES string of the molecule is Cc1cc2nc3c(=O)n(-c4ccccc4C)c(=O)[nH]c3nc2cc1N. The Morgan fingerprint density at radius 1 is 1.00 bits per heavy atom. The van der Waals surface area contributed by atoms with Crippen molar-refractivity contribution in [3.63, 3.8) is 0 Å². The highest BCUT2D eigenvalue weighted by molar-refractivity contribution is 5.86. The van der Waals surface area contributed by atoms with Gasteiger partial charge in [0.2, 0.25) is 0 Å². The molecule has 0 radical (unpaired) electrons. The van der Waals surface area contributed by atoms with Gasteiger partial charge in [-0.25, -0.2) is 19.3 Å². The predicted octanol–water partition coefficient (Wildman–Crippen LogP) is 1.82. The van der Waals surface area contributed by atoms with Gasteiger partial charge in [0, 0.05) is 5.69 Å². The lowest BCUT2D eigenvalue weighted by Crippen LogP contribution is -2.34. The molecule has 0 atom stereocenters. The highest BCUT2D eigenvalue weighted by Crippen LogP contribution is 2.19. The van der Waals surface area contributed by atoms with Crippen molar-refractivity contribution in [2.24, 2.45) is 0 Å². The second-order valence-electron chi connectivity index (χ2n) is 5.98. The summed E-state index contributed by atoms with van der Waals surface area (Å²) in [6, 6.07) is 10.6. The molecule has 0 saturated carbocycles. The first-order valence-electron chi connectivity index (χ1n) is 7.74. The van der Waals surface area contributed by atoms with Crippen molar-refractivity contribution in [2.45, 2.75) is 13.8 Å². The molecule has 0 aliphatic rings. The molecular formula is C18H15N5O2. The Bertz CT molecular complexity index is 1270. The molecule has 7 nitrogen and oxygen atoms in total. The number of aromatic nitrogens is 4. The summed E-state index contributed by atoms with van der Waals surface area (Å²) in [5.74, 6) is 0. The largest absolute Gasteiger partial charge is 0.398 e. The van der Waals surface area contributed by atoms with Gasteiger partial charge in [-0.3, -0.25) is 9.78 Å². The van der Waals surface area contributed by atoms with Gasteiger partial charge in [0.15, 0.2) is 11.2 Å². The van der Waals surface area contributed by atoms with Crippen molar-refractivity contribution in [3.8, 4) is 5.69 Å². The Hall–Kier alpha value is -3.48. The van der Waals surface area contributed by atoms with E-state index in [1.165, 1.54) is 0 Å². The summed E-state index contributed by atoms with van der Waals surface area (Å²) in [4.78, 5) is 36.8. The normalized spacial score (nSPS) is 11.3. The van der Waals surface area contributed by atoms with Crippen molar-refractivity contribution in [3.05, 3.63) is 68.4 Å². The number of nitrogens with one attached hydrogen (secondary N) is 1. The van der Waals surface area contributed by atoms with E-state index in [-0.39, 0.29) is 11.2 Å². The molecule has 0 amide bonds. The average Bonchev–Trinajstić information content (AvgIpc) is 2.57. The summed E-state index contributed by atoms with van der Waals surface area (Å²) >= 11 is 0. The lowest BCUT2D eigenvalue weighted by Gasteiger charge is -2.09. The minimum Gasteiger partial charge on any atom is -0.398 e. The number of anilines is 1. The number of hydrogen-bond donors (Lipinski definition) is 2. The van der Waals surface area contributed by atoms with Gasteiger partial charge in [-0.1, -0.05) is 18.2 Å². The molecule has 124 valence electrons. The van der Waals surface area contributed by atoms with E-state index in [1.54, 1.807) is 24.3 Å². The Morgan fingerprint density at radius 3 is 2.48 bits per heavy atom. The molecule has 2 aromatic carbocycles. The van der Waals surface area contributed by atoms with Crippen molar-refractivity contribution in [1.29, 1.82) is 0 Å². The van der Waals surface area contributed by atoms with Crippen LogP contribution in [-0.2, 0) is 0 Å². The molecule has 3 N–H and O–H groups in total. The van der Waals surface area contributed by atoms with E-state index in [1.807, 2.05) is 26.0 Å². The summed E-state index contributed by atoms with van der Waals surface area (Å²) in [5.41, 5.74) is 8.95. The van der Waals surface area contributed by atoms with Crippen LogP contribution in [0.3, 0.4) is 0 Å². The highest BCUT2D eigenvalue weighted by Gasteiger charge is 2.14. The van der Waals surface area contributed by atoms with Crippen molar-refractivity contribution < 1.29 is 0 Å². The molecular weight excluding hydrogens is 318 g/mol. The third kappa shape index (κ3) is 2.28. The van der Waals surface area contributed by atoms with Crippen LogP contribution in [0.25, 0.3) is 27.9 Å². The van der Waals surface area contributed by atoms with Crippen molar-refractivity contribution in [1.82, 2.24) is 19.5 Å². The second-order valence-corrected chi connectivity index (χ2v) is 5.98. The van der Waals surface area contributed by atoms with Crippen LogP contribution in [-0.4, -0.2) is 19.5 Å². The van der Waals surface area contributed by atoms with Gasteiger partial charge in [-0.05, 0) is 43.2 Å². The van der Waals surface area contributed by atoms with Gasteiger partial charge < -0.3 is 5.73 Å². The first-order valence-corrected chi connectivity index (χ1v) is 7.74. The number of hydrogen-bond acceptors (Lipinski definition) is 5. The smallest absolute Gasteiger partial charge is 0.334 e. The number of nitrogen functional groups attached to an aromatic ring is 1. The number of H-pyrrole nitrogens is 1. The number of para-hydroxylation sites is 1. The van der Waals surface area contributed by atoms with Crippen molar-refractivity contribution >= 4 is 27.9 Å². The maximum atomic E-state index is 12.9. The monoisotopic (exact) mass is 333 g/mol. The number of aromatic amines is 1. The highest BCUT2D eigenvalue weighted by atomic mass is 16.2. The molecule has 25 heavy (non-hydrogen) atoms. The van der Waals surface area contributed by atoms with Crippen LogP contribution in [0.5, 0.6) is 0 Å². The number of nitrogens with two attached hydrogens (primary N) is 1. The zero-order valence-corrected chi connectivity index (χ0v) is 13.7.